The average molecular weight is 397 g/mol. The van der Waals surface area contributed by atoms with E-state index >= 15 is 0 Å². The largest absolute Gasteiger partial charge is 0.366 e. The maximum Gasteiger partial charge on any atom is 0.248 e. The van der Waals surface area contributed by atoms with Gasteiger partial charge in [-0.3, -0.25) is 4.79 Å². The van der Waals surface area contributed by atoms with Crippen LogP contribution in [0.2, 0.25) is 0 Å². The summed E-state index contributed by atoms with van der Waals surface area (Å²) in [5.74, 6) is -0.403. The van der Waals surface area contributed by atoms with E-state index in [1.54, 1.807) is 6.07 Å². The molecule has 0 radical (unpaired) electrons. The Kier molecular flexibility index (Phi) is 3.81. The van der Waals surface area contributed by atoms with Crippen molar-refractivity contribution in [3.63, 3.8) is 0 Å². The zero-order valence-electron chi connectivity index (χ0n) is 16.8. The second kappa shape index (κ2) is 6.68. The van der Waals surface area contributed by atoms with E-state index in [-0.39, 0.29) is 0 Å². The Balaban J connectivity index is 1.60. The van der Waals surface area contributed by atoms with E-state index in [1.165, 1.54) is 37.9 Å². The average Bonchev–Trinajstić information content (AvgIpc) is 2.83. The number of primary amides is 1. The number of amides is 1. The number of fused-ring (bicyclic) bond motifs is 7. The Morgan fingerprint density at radius 3 is 1.61 bits per heavy atom. The smallest absolute Gasteiger partial charge is 0.248 e. The monoisotopic (exact) mass is 397 g/mol. The Labute approximate surface area is 179 Å². The normalized spacial score (nSPS) is 11.5. The van der Waals surface area contributed by atoms with Gasteiger partial charge < -0.3 is 5.73 Å². The van der Waals surface area contributed by atoms with Crippen LogP contribution in [-0.2, 0) is 0 Å². The van der Waals surface area contributed by atoms with Crippen molar-refractivity contribution >= 4 is 49.0 Å². The highest BCUT2D eigenvalue weighted by Crippen LogP contribution is 2.37. The molecule has 0 heterocycles. The number of hydrogen-bond acceptors (Lipinski definition) is 1. The van der Waals surface area contributed by atoms with Crippen molar-refractivity contribution in [2.24, 2.45) is 5.73 Å². The molecule has 6 aromatic carbocycles. The van der Waals surface area contributed by atoms with Gasteiger partial charge in [0.1, 0.15) is 0 Å². The fraction of sp³-hybridized carbons (Fsp3) is 0. The fourth-order valence-corrected chi connectivity index (χ4v) is 4.67. The van der Waals surface area contributed by atoms with E-state index < -0.39 is 5.91 Å². The van der Waals surface area contributed by atoms with Crippen LogP contribution in [0.4, 0.5) is 0 Å². The fourth-order valence-electron chi connectivity index (χ4n) is 4.67. The van der Waals surface area contributed by atoms with Gasteiger partial charge in [-0.25, -0.2) is 0 Å². The van der Waals surface area contributed by atoms with Gasteiger partial charge in [0.15, 0.2) is 0 Å². The number of hydrogen-bond donors (Lipinski definition) is 1. The van der Waals surface area contributed by atoms with Crippen LogP contribution >= 0.6 is 0 Å². The van der Waals surface area contributed by atoms with Gasteiger partial charge in [0.2, 0.25) is 5.91 Å². The lowest BCUT2D eigenvalue weighted by atomic mass is 9.91. The van der Waals surface area contributed by atoms with E-state index in [2.05, 4.69) is 84.9 Å². The molecule has 0 spiro atoms. The van der Waals surface area contributed by atoms with E-state index in [1.807, 2.05) is 12.1 Å². The summed E-state index contributed by atoms with van der Waals surface area (Å²) in [6, 6.07) is 35.9. The highest BCUT2D eigenvalue weighted by atomic mass is 16.1. The molecular formula is C29H19NO. The molecule has 1 amide bonds. The van der Waals surface area contributed by atoms with Gasteiger partial charge in [0, 0.05) is 5.56 Å². The molecule has 0 bridgehead atoms. The number of benzene rings is 6. The molecule has 0 aromatic heterocycles. The van der Waals surface area contributed by atoms with E-state index in [9.17, 15) is 4.79 Å². The first-order valence-corrected chi connectivity index (χ1v) is 10.4. The summed E-state index contributed by atoms with van der Waals surface area (Å²) in [4.78, 5) is 11.5. The second-order valence-corrected chi connectivity index (χ2v) is 7.99. The number of carbonyl (C=O) groups excluding carboxylic acids is 1. The van der Waals surface area contributed by atoms with Crippen molar-refractivity contribution in [3.05, 3.63) is 109 Å². The zero-order valence-corrected chi connectivity index (χ0v) is 16.8. The minimum atomic E-state index is -0.403. The topological polar surface area (TPSA) is 43.1 Å². The first kappa shape index (κ1) is 17.7. The quantitative estimate of drug-likeness (QED) is 0.312. The molecule has 6 rings (SSSR count). The van der Waals surface area contributed by atoms with Gasteiger partial charge in [0.05, 0.1) is 0 Å². The van der Waals surface area contributed by atoms with Crippen LogP contribution in [0.5, 0.6) is 0 Å². The Morgan fingerprint density at radius 1 is 0.484 bits per heavy atom. The Bertz CT molecular complexity index is 1630. The molecule has 0 saturated carbocycles. The Hall–Kier alpha value is -4.17. The van der Waals surface area contributed by atoms with Gasteiger partial charge in [-0.2, -0.15) is 0 Å². The lowest BCUT2D eigenvalue weighted by Gasteiger charge is -2.12. The predicted molar refractivity (Wildman–Crippen MR) is 130 cm³/mol. The first-order chi connectivity index (χ1) is 15.2. The van der Waals surface area contributed by atoms with Crippen LogP contribution in [0.1, 0.15) is 10.4 Å². The molecule has 0 unspecified atom stereocenters. The lowest BCUT2D eigenvalue weighted by molar-refractivity contribution is 0.100. The summed E-state index contributed by atoms with van der Waals surface area (Å²) in [5, 5.41) is 9.74. The van der Waals surface area contributed by atoms with Crippen LogP contribution in [-0.4, -0.2) is 5.91 Å². The molecule has 0 saturated heterocycles. The Morgan fingerprint density at radius 2 is 0.968 bits per heavy atom. The second-order valence-electron chi connectivity index (χ2n) is 7.99. The van der Waals surface area contributed by atoms with Crippen molar-refractivity contribution in [2.75, 3.05) is 0 Å². The SMILES string of the molecule is NC(=O)c1ccc2cc(-c3ccc4c5ccccc5c5ccccc5c4c3)ccc2c1. The van der Waals surface area contributed by atoms with Crippen molar-refractivity contribution in [1.29, 1.82) is 0 Å². The molecule has 2 N–H and O–H groups in total. The standard InChI is InChI=1S/C29H19NO/c30-29(31)22-12-11-18-15-19(9-10-20(18)16-22)21-13-14-27-25-7-2-1-5-23(25)24-6-3-4-8-26(24)28(27)17-21/h1-17H,(H2,30,31). The molecular weight excluding hydrogens is 378 g/mol. The summed E-state index contributed by atoms with van der Waals surface area (Å²) in [5.41, 5.74) is 8.28. The van der Waals surface area contributed by atoms with Gasteiger partial charge in [-0.15, -0.1) is 0 Å². The predicted octanol–water partition coefficient (Wildman–Crippen LogP) is 7.07. The van der Waals surface area contributed by atoms with Gasteiger partial charge >= 0.3 is 0 Å². The first-order valence-electron chi connectivity index (χ1n) is 10.4. The van der Waals surface area contributed by atoms with Crippen LogP contribution in [0, 0.1) is 0 Å². The summed E-state index contributed by atoms with van der Waals surface area (Å²) in [7, 11) is 0. The minimum absolute atomic E-state index is 0.403. The highest BCUT2D eigenvalue weighted by Gasteiger charge is 2.10. The maximum atomic E-state index is 11.5. The van der Waals surface area contributed by atoms with Crippen molar-refractivity contribution < 1.29 is 4.79 Å². The third kappa shape index (κ3) is 2.77. The summed E-state index contributed by atoms with van der Waals surface area (Å²) in [6.45, 7) is 0. The zero-order chi connectivity index (χ0) is 20.9. The van der Waals surface area contributed by atoms with Gasteiger partial charge in [0.25, 0.3) is 0 Å². The molecule has 0 aliphatic rings. The lowest BCUT2D eigenvalue weighted by Crippen LogP contribution is -2.10. The van der Waals surface area contributed by atoms with Crippen molar-refractivity contribution in [3.8, 4) is 11.1 Å². The summed E-state index contributed by atoms with van der Waals surface area (Å²) in [6.07, 6.45) is 0. The van der Waals surface area contributed by atoms with Crippen LogP contribution in [0.25, 0.3) is 54.2 Å². The van der Waals surface area contributed by atoms with Crippen LogP contribution in [0.15, 0.2) is 103 Å². The van der Waals surface area contributed by atoms with Crippen LogP contribution in [0.3, 0.4) is 0 Å². The van der Waals surface area contributed by atoms with Crippen LogP contribution < -0.4 is 5.73 Å². The molecule has 0 aliphatic carbocycles. The van der Waals surface area contributed by atoms with Crippen molar-refractivity contribution in [2.45, 2.75) is 0 Å². The maximum absolute atomic E-state index is 11.5. The van der Waals surface area contributed by atoms with E-state index in [0.717, 1.165) is 16.3 Å². The van der Waals surface area contributed by atoms with E-state index in [0.29, 0.717) is 5.56 Å². The molecule has 2 nitrogen and oxygen atoms in total. The minimum Gasteiger partial charge on any atom is -0.366 e. The molecule has 31 heavy (non-hydrogen) atoms. The molecule has 2 heteroatoms. The molecule has 0 fully saturated rings. The van der Waals surface area contributed by atoms with Gasteiger partial charge in [-0.05, 0) is 78.5 Å². The molecule has 0 atom stereocenters. The summed E-state index contributed by atoms with van der Waals surface area (Å²) >= 11 is 0. The summed E-state index contributed by atoms with van der Waals surface area (Å²) < 4.78 is 0. The molecule has 6 aromatic rings. The molecule has 146 valence electrons. The third-order valence-corrected chi connectivity index (χ3v) is 6.20. The third-order valence-electron chi connectivity index (χ3n) is 6.20. The van der Waals surface area contributed by atoms with Crippen molar-refractivity contribution in [1.82, 2.24) is 0 Å². The molecule has 0 aliphatic heterocycles. The highest BCUT2D eigenvalue weighted by molar-refractivity contribution is 6.25. The number of nitrogens with two attached hydrogens (primary N) is 1. The van der Waals surface area contributed by atoms with Gasteiger partial charge in [-0.1, -0.05) is 78.9 Å². The van der Waals surface area contributed by atoms with E-state index in [4.69, 9.17) is 5.73 Å². The number of carbonyl (C=O) groups is 1. The number of rotatable bonds is 2.